The van der Waals surface area contributed by atoms with Gasteiger partial charge in [0.2, 0.25) is 0 Å². The lowest BCUT2D eigenvalue weighted by molar-refractivity contribution is 0.112. The van der Waals surface area contributed by atoms with Gasteiger partial charge in [0.1, 0.15) is 16.8 Å². The number of hydrogen-bond acceptors (Lipinski definition) is 5. The number of ether oxygens (including phenoxy) is 1. The van der Waals surface area contributed by atoms with Crippen LogP contribution in [0.4, 0.5) is 5.82 Å². The van der Waals surface area contributed by atoms with Gasteiger partial charge in [-0.05, 0) is 44.6 Å². The topological polar surface area (TPSA) is 47.0 Å². The first-order valence-electron chi connectivity index (χ1n) is 7.83. The van der Waals surface area contributed by atoms with Crippen molar-refractivity contribution in [2.75, 3.05) is 19.0 Å². The van der Waals surface area contributed by atoms with E-state index < -0.39 is 0 Å². The highest BCUT2D eigenvalue weighted by Crippen LogP contribution is 2.39. The summed E-state index contributed by atoms with van der Waals surface area (Å²) in [7, 11) is 1.71. The summed E-state index contributed by atoms with van der Waals surface area (Å²) < 4.78 is 5.40. The van der Waals surface area contributed by atoms with Crippen LogP contribution in [0.25, 0.3) is 10.2 Å². The van der Waals surface area contributed by atoms with Crippen molar-refractivity contribution in [1.29, 1.82) is 0 Å². The van der Waals surface area contributed by atoms with Crippen LogP contribution in [0.15, 0.2) is 0 Å². The van der Waals surface area contributed by atoms with Gasteiger partial charge >= 0.3 is 0 Å². The highest BCUT2D eigenvalue weighted by atomic mass is 32.1. The summed E-state index contributed by atoms with van der Waals surface area (Å²) in [6.07, 6.45) is 5.95. The van der Waals surface area contributed by atoms with E-state index in [4.69, 9.17) is 14.7 Å². The summed E-state index contributed by atoms with van der Waals surface area (Å²) in [6, 6.07) is 0. The minimum absolute atomic E-state index is 0.0734. The molecule has 2 aromatic rings. The van der Waals surface area contributed by atoms with Gasteiger partial charge in [0.05, 0.1) is 5.39 Å². The number of hydrogen-bond donors (Lipinski definition) is 1. The average molecular weight is 305 g/mol. The zero-order valence-electron chi connectivity index (χ0n) is 13.0. The van der Waals surface area contributed by atoms with Crippen molar-refractivity contribution >= 4 is 27.4 Å². The molecule has 1 N–H and O–H groups in total. The van der Waals surface area contributed by atoms with Crippen LogP contribution in [-0.4, -0.2) is 23.6 Å². The van der Waals surface area contributed by atoms with Crippen LogP contribution in [0.3, 0.4) is 0 Å². The lowest BCUT2D eigenvalue weighted by Gasteiger charge is -2.14. The van der Waals surface area contributed by atoms with Gasteiger partial charge in [-0.2, -0.15) is 0 Å². The van der Waals surface area contributed by atoms with Crippen LogP contribution in [-0.2, 0) is 17.6 Å². The van der Waals surface area contributed by atoms with E-state index >= 15 is 0 Å². The lowest BCUT2D eigenvalue weighted by atomic mass is 9.97. The van der Waals surface area contributed by atoms with Gasteiger partial charge in [-0.1, -0.05) is 6.92 Å². The lowest BCUT2D eigenvalue weighted by Crippen LogP contribution is -2.09. The maximum Gasteiger partial charge on any atom is 0.160 e. The third-order valence-electron chi connectivity index (χ3n) is 4.09. The van der Waals surface area contributed by atoms with E-state index in [9.17, 15) is 0 Å². The number of aryl methyl sites for hydroxylation is 2. The van der Waals surface area contributed by atoms with Gasteiger partial charge in [0, 0.05) is 18.5 Å². The molecule has 114 valence electrons. The Morgan fingerprint density at radius 1 is 1.29 bits per heavy atom. The molecule has 0 saturated carbocycles. The van der Waals surface area contributed by atoms with E-state index in [1.807, 2.05) is 18.3 Å². The zero-order chi connectivity index (χ0) is 14.8. The van der Waals surface area contributed by atoms with Gasteiger partial charge in [-0.3, -0.25) is 0 Å². The van der Waals surface area contributed by atoms with E-state index in [2.05, 4.69) is 12.2 Å². The second kappa shape index (κ2) is 6.28. The van der Waals surface area contributed by atoms with Gasteiger partial charge in [0.15, 0.2) is 5.82 Å². The Hall–Kier alpha value is -1.20. The molecule has 0 radical (unpaired) electrons. The molecule has 3 rings (SSSR count). The number of fused-ring (bicyclic) bond motifs is 3. The molecule has 0 spiro atoms. The fourth-order valence-electron chi connectivity index (χ4n) is 2.83. The number of methoxy groups -OCH3 is 1. The molecule has 21 heavy (non-hydrogen) atoms. The van der Waals surface area contributed by atoms with Crippen molar-refractivity contribution < 1.29 is 4.74 Å². The minimum atomic E-state index is -0.0734. The van der Waals surface area contributed by atoms with Crippen LogP contribution in [0, 0.1) is 0 Å². The predicted molar refractivity (Wildman–Crippen MR) is 88.3 cm³/mol. The van der Waals surface area contributed by atoms with Gasteiger partial charge in [-0.25, -0.2) is 9.97 Å². The van der Waals surface area contributed by atoms with Crippen molar-refractivity contribution in [2.45, 2.75) is 52.1 Å². The number of nitrogens with zero attached hydrogens (tertiary/aromatic N) is 2. The predicted octanol–water partition coefficient (Wildman–Crippen LogP) is 4.10. The SMILES string of the molecule is CCCNc1nc(C(C)OC)nc2sc3c(c12)CCCC3. The van der Waals surface area contributed by atoms with E-state index in [1.54, 1.807) is 7.11 Å². The number of rotatable bonds is 5. The molecule has 1 unspecified atom stereocenters. The molecule has 2 heterocycles. The second-order valence-corrected chi connectivity index (χ2v) is 6.71. The first-order valence-corrected chi connectivity index (χ1v) is 8.65. The van der Waals surface area contributed by atoms with Crippen molar-refractivity contribution in [1.82, 2.24) is 9.97 Å². The van der Waals surface area contributed by atoms with Gasteiger partial charge in [0.25, 0.3) is 0 Å². The van der Waals surface area contributed by atoms with Crippen molar-refractivity contribution in [3.05, 3.63) is 16.3 Å². The summed E-state index contributed by atoms with van der Waals surface area (Å²) in [5.41, 5.74) is 1.48. The fourth-order valence-corrected chi connectivity index (χ4v) is 4.10. The maximum atomic E-state index is 5.40. The van der Waals surface area contributed by atoms with E-state index in [-0.39, 0.29) is 6.10 Å². The van der Waals surface area contributed by atoms with Crippen molar-refractivity contribution in [3.63, 3.8) is 0 Å². The molecule has 1 aliphatic carbocycles. The molecule has 0 fully saturated rings. The largest absolute Gasteiger partial charge is 0.374 e. The van der Waals surface area contributed by atoms with Crippen molar-refractivity contribution in [2.24, 2.45) is 0 Å². The average Bonchev–Trinajstić information content (AvgIpc) is 2.90. The molecule has 5 heteroatoms. The van der Waals surface area contributed by atoms with Crippen LogP contribution in [0.5, 0.6) is 0 Å². The zero-order valence-corrected chi connectivity index (χ0v) is 13.8. The molecule has 0 aromatic carbocycles. The Morgan fingerprint density at radius 3 is 2.86 bits per heavy atom. The molecule has 2 aromatic heterocycles. The summed E-state index contributed by atoms with van der Waals surface area (Å²) in [5, 5.41) is 4.75. The Labute approximate surface area is 129 Å². The maximum absolute atomic E-state index is 5.40. The third-order valence-corrected chi connectivity index (χ3v) is 5.28. The van der Waals surface area contributed by atoms with Crippen molar-refractivity contribution in [3.8, 4) is 0 Å². The molecule has 0 saturated heterocycles. The second-order valence-electron chi connectivity index (χ2n) is 5.63. The molecule has 1 aliphatic rings. The highest BCUT2D eigenvalue weighted by Gasteiger charge is 2.22. The Kier molecular flexibility index (Phi) is 4.40. The molecular weight excluding hydrogens is 282 g/mol. The summed E-state index contributed by atoms with van der Waals surface area (Å²) >= 11 is 1.84. The smallest absolute Gasteiger partial charge is 0.160 e. The highest BCUT2D eigenvalue weighted by molar-refractivity contribution is 7.19. The Bertz CT molecular complexity index is 638. The van der Waals surface area contributed by atoms with Crippen LogP contribution >= 0.6 is 11.3 Å². The standard InChI is InChI=1S/C16H23N3OS/c1-4-9-17-15-13-11-7-5-6-8-12(11)21-16(13)19-14(18-15)10(2)20-3/h10H,4-9H2,1-3H3,(H,17,18,19). The quantitative estimate of drug-likeness (QED) is 0.903. The number of anilines is 1. The molecule has 0 aliphatic heterocycles. The first kappa shape index (κ1) is 14.7. The molecule has 0 bridgehead atoms. The fraction of sp³-hybridized carbons (Fsp3) is 0.625. The molecule has 1 atom stereocenters. The van der Waals surface area contributed by atoms with Crippen LogP contribution < -0.4 is 5.32 Å². The monoisotopic (exact) mass is 305 g/mol. The summed E-state index contributed by atoms with van der Waals surface area (Å²) in [6.45, 7) is 5.11. The first-order chi connectivity index (χ1) is 10.2. The third kappa shape index (κ3) is 2.77. The Morgan fingerprint density at radius 2 is 2.10 bits per heavy atom. The molecule has 4 nitrogen and oxygen atoms in total. The molecular formula is C16H23N3OS. The normalized spacial score (nSPS) is 16.0. The summed E-state index contributed by atoms with van der Waals surface area (Å²) in [5.74, 6) is 1.78. The number of nitrogens with one attached hydrogen (secondary N) is 1. The molecule has 0 amide bonds. The van der Waals surface area contributed by atoms with Crippen LogP contribution in [0.2, 0.25) is 0 Å². The number of aromatic nitrogens is 2. The number of thiophene rings is 1. The Balaban J connectivity index is 2.14. The van der Waals surface area contributed by atoms with E-state index in [0.29, 0.717) is 0 Å². The van der Waals surface area contributed by atoms with E-state index in [1.165, 1.54) is 41.5 Å². The van der Waals surface area contributed by atoms with Crippen LogP contribution in [0.1, 0.15) is 55.5 Å². The van der Waals surface area contributed by atoms with E-state index in [0.717, 1.165) is 29.4 Å². The van der Waals surface area contributed by atoms with Gasteiger partial charge < -0.3 is 10.1 Å². The minimum Gasteiger partial charge on any atom is -0.374 e. The van der Waals surface area contributed by atoms with Gasteiger partial charge in [-0.15, -0.1) is 11.3 Å². The summed E-state index contributed by atoms with van der Waals surface area (Å²) in [4.78, 5) is 12.1.